The molecule has 6 nitrogen and oxygen atoms in total. The molecule has 21 heavy (non-hydrogen) atoms. The van der Waals surface area contributed by atoms with Gasteiger partial charge >= 0.3 is 11.2 Å². The number of aromatic nitrogens is 1. The molecule has 0 fully saturated rings. The fraction of sp³-hybridized carbons (Fsp3) is 0.214. The third kappa shape index (κ3) is 3.88. The lowest BCUT2D eigenvalue weighted by molar-refractivity contribution is -0.387. The van der Waals surface area contributed by atoms with Gasteiger partial charge in [0.05, 0.1) is 4.92 Å². The predicted molar refractivity (Wildman–Crippen MR) is 76.7 cm³/mol. The highest BCUT2D eigenvalue weighted by Gasteiger charge is 2.22. The molecule has 0 saturated carbocycles. The van der Waals surface area contributed by atoms with Crippen LogP contribution in [-0.2, 0) is 0 Å². The quantitative estimate of drug-likeness (QED) is 0.656. The Morgan fingerprint density at radius 1 is 1.29 bits per heavy atom. The maximum absolute atomic E-state index is 12.7. The number of rotatable bonds is 2. The summed E-state index contributed by atoms with van der Waals surface area (Å²) < 4.78 is 12.7. The number of pyridine rings is 1. The average Bonchev–Trinajstić information content (AvgIpc) is 2.41. The third-order valence-electron chi connectivity index (χ3n) is 2.38. The fourth-order valence-electron chi connectivity index (χ4n) is 1.53. The van der Waals surface area contributed by atoms with Crippen molar-refractivity contribution in [3.8, 4) is 16.9 Å². The lowest BCUT2D eigenvalue weighted by atomic mass is 10.1. The second kappa shape index (κ2) is 7.18. The predicted octanol–water partition coefficient (Wildman–Crippen LogP) is 3.21. The number of H-pyrrole nitrogens is 1. The zero-order valence-electron chi connectivity index (χ0n) is 11.6. The summed E-state index contributed by atoms with van der Waals surface area (Å²) in [6, 6.07) is 4.97. The van der Waals surface area contributed by atoms with Crippen molar-refractivity contribution in [1.29, 1.82) is 0 Å². The highest BCUT2D eigenvalue weighted by molar-refractivity contribution is 5.73. The number of nitro groups is 1. The zero-order valence-corrected chi connectivity index (χ0v) is 11.6. The van der Waals surface area contributed by atoms with Gasteiger partial charge in [-0.25, -0.2) is 4.39 Å². The Kier molecular flexibility index (Phi) is 5.59. The minimum atomic E-state index is -0.997. The zero-order chi connectivity index (χ0) is 16.0. The summed E-state index contributed by atoms with van der Waals surface area (Å²) in [5.41, 5.74) is -1.52. The molecule has 7 heteroatoms. The van der Waals surface area contributed by atoms with Gasteiger partial charge in [0.25, 0.3) is 0 Å². The van der Waals surface area contributed by atoms with Crippen LogP contribution in [0.5, 0.6) is 5.75 Å². The van der Waals surface area contributed by atoms with E-state index in [9.17, 15) is 24.4 Å². The number of hydrogen-bond acceptors (Lipinski definition) is 4. The Balaban J connectivity index is 0.000000677. The van der Waals surface area contributed by atoms with Crippen LogP contribution in [0.4, 0.5) is 10.1 Å². The van der Waals surface area contributed by atoms with Crippen molar-refractivity contribution in [3.05, 3.63) is 56.7 Å². The first-order chi connectivity index (χ1) is 9.92. The minimum Gasteiger partial charge on any atom is -0.501 e. The largest absolute Gasteiger partial charge is 0.501 e. The van der Waals surface area contributed by atoms with Gasteiger partial charge in [0.15, 0.2) is 0 Å². The van der Waals surface area contributed by atoms with E-state index in [1.807, 2.05) is 0 Å². The maximum atomic E-state index is 12.7. The van der Waals surface area contributed by atoms with Crippen molar-refractivity contribution in [1.82, 2.24) is 4.98 Å². The van der Waals surface area contributed by atoms with E-state index in [1.54, 1.807) is 0 Å². The van der Waals surface area contributed by atoms with E-state index in [2.05, 4.69) is 18.8 Å². The molecule has 2 rings (SSSR count). The molecule has 0 aliphatic heterocycles. The summed E-state index contributed by atoms with van der Waals surface area (Å²) in [5.74, 6) is -1.22. The van der Waals surface area contributed by atoms with Crippen LogP contribution >= 0.6 is 0 Å². The van der Waals surface area contributed by atoms with Gasteiger partial charge < -0.3 is 10.1 Å². The molecule has 0 spiro atoms. The number of aromatic hydroxyl groups is 1. The van der Waals surface area contributed by atoms with Gasteiger partial charge in [-0.15, -0.1) is 0 Å². The normalized spacial score (nSPS) is 9.67. The highest BCUT2D eigenvalue weighted by Crippen LogP contribution is 2.33. The Morgan fingerprint density at radius 3 is 2.29 bits per heavy atom. The van der Waals surface area contributed by atoms with E-state index in [4.69, 9.17) is 0 Å². The lowest BCUT2D eigenvalue weighted by Gasteiger charge is -2.04. The second-order valence-electron chi connectivity index (χ2n) is 4.20. The van der Waals surface area contributed by atoms with Crippen LogP contribution in [0, 0.1) is 15.9 Å². The van der Waals surface area contributed by atoms with Crippen molar-refractivity contribution < 1.29 is 14.4 Å². The van der Waals surface area contributed by atoms with Gasteiger partial charge in [0, 0.05) is 11.8 Å². The highest BCUT2D eigenvalue weighted by atomic mass is 19.1. The van der Waals surface area contributed by atoms with Crippen molar-refractivity contribution >= 4 is 5.69 Å². The lowest BCUT2D eigenvalue weighted by Crippen LogP contribution is -2.11. The molecule has 0 atom stereocenters. The summed E-state index contributed by atoms with van der Waals surface area (Å²) in [4.78, 5) is 23.0. The second-order valence-corrected chi connectivity index (χ2v) is 4.20. The number of nitrogens with zero attached hydrogens (tertiary/aromatic N) is 1. The summed E-state index contributed by atoms with van der Waals surface area (Å²) in [5, 5.41) is 20.4. The average molecular weight is 294 g/mol. The molecular weight excluding hydrogens is 279 g/mol. The summed E-state index contributed by atoms with van der Waals surface area (Å²) in [6.07, 6.45) is 2.39. The molecule has 1 aromatic carbocycles. The van der Waals surface area contributed by atoms with Crippen molar-refractivity contribution in [2.45, 2.75) is 20.3 Å². The Hall–Kier alpha value is -2.70. The monoisotopic (exact) mass is 294 g/mol. The molecule has 1 aromatic heterocycles. The summed E-state index contributed by atoms with van der Waals surface area (Å²) in [7, 11) is 0. The maximum Gasteiger partial charge on any atom is 0.375 e. The van der Waals surface area contributed by atoms with Crippen LogP contribution in [0.15, 0.2) is 35.3 Å². The number of halogens is 1. The Labute approximate surface area is 120 Å². The van der Waals surface area contributed by atoms with E-state index in [0.717, 1.165) is 18.3 Å². The molecule has 0 bridgehead atoms. The smallest absolute Gasteiger partial charge is 0.375 e. The molecule has 2 N–H and O–H groups in total. The Bertz CT molecular complexity index is 680. The fourth-order valence-corrected chi connectivity index (χ4v) is 1.53. The van der Waals surface area contributed by atoms with E-state index in [1.165, 1.54) is 18.6 Å². The first-order valence-corrected chi connectivity index (χ1v) is 6.27. The SMILES string of the molecule is CCC.O=c1[nH]cc(-c2ccc(F)cc2)c(O)c1[N+](=O)[O-]. The van der Waals surface area contributed by atoms with Gasteiger partial charge in [-0.05, 0) is 17.7 Å². The summed E-state index contributed by atoms with van der Waals surface area (Å²) in [6.45, 7) is 4.25. The van der Waals surface area contributed by atoms with Gasteiger partial charge in [-0.1, -0.05) is 32.4 Å². The van der Waals surface area contributed by atoms with Crippen LogP contribution in [-0.4, -0.2) is 15.0 Å². The molecule has 1 heterocycles. The van der Waals surface area contributed by atoms with Crippen LogP contribution in [0.1, 0.15) is 20.3 Å². The van der Waals surface area contributed by atoms with E-state index in [-0.39, 0.29) is 5.56 Å². The molecule has 2 aromatic rings. The van der Waals surface area contributed by atoms with Crippen molar-refractivity contribution in [3.63, 3.8) is 0 Å². The molecule has 112 valence electrons. The first kappa shape index (κ1) is 16.4. The van der Waals surface area contributed by atoms with Gasteiger partial charge in [0.2, 0.25) is 5.75 Å². The van der Waals surface area contributed by atoms with Gasteiger partial charge in [-0.3, -0.25) is 14.9 Å². The van der Waals surface area contributed by atoms with Crippen LogP contribution in [0.2, 0.25) is 0 Å². The molecule has 0 aliphatic carbocycles. The van der Waals surface area contributed by atoms with Gasteiger partial charge in [-0.2, -0.15) is 0 Å². The number of aromatic amines is 1. The van der Waals surface area contributed by atoms with Crippen molar-refractivity contribution in [2.24, 2.45) is 0 Å². The van der Waals surface area contributed by atoms with Crippen LogP contribution in [0.25, 0.3) is 11.1 Å². The molecule has 0 saturated heterocycles. The van der Waals surface area contributed by atoms with Gasteiger partial charge in [0.1, 0.15) is 5.82 Å². The first-order valence-electron chi connectivity index (χ1n) is 6.27. The molecular formula is C14H15FN2O4. The third-order valence-corrected chi connectivity index (χ3v) is 2.38. The molecule has 0 unspecified atom stereocenters. The van der Waals surface area contributed by atoms with E-state index < -0.39 is 27.7 Å². The molecule has 0 amide bonds. The van der Waals surface area contributed by atoms with E-state index >= 15 is 0 Å². The van der Waals surface area contributed by atoms with Crippen LogP contribution < -0.4 is 5.56 Å². The minimum absolute atomic E-state index is 0.0568. The number of benzene rings is 1. The number of nitrogens with one attached hydrogen (secondary N) is 1. The van der Waals surface area contributed by atoms with Crippen molar-refractivity contribution in [2.75, 3.05) is 0 Å². The molecule has 0 radical (unpaired) electrons. The Morgan fingerprint density at radius 2 is 1.81 bits per heavy atom. The number of hydrogen-bond donors (Lipinski definition) is 2. The topological polar surface area (TPSA) is 96.2 Å². The summed E-state index contributed by atoms with van der Waals surface area (Å²) >= 11 is 0. The van der Waals surface area contributed by atoms with E-state index in [0.29, 0.717) is 5.56 Å². The van der Waals surface area contributed by atoms with Crippen LogP contribution in [0.3, 0.4) is 0 Å². The standard InChI is InChI=1S/C11H7FN2O4.C3H8/c12-7-3-1-6(2-4-7)8-5-13-11(16)9(10(8)15)14(17)18;1-3-2/h1-5H,(H2,13,15,16);3H2,1-2H3. The molecule has 0 aliphatic rings.